The molecule has 0 aliphatic carbocycles. The molecule has 0 spiro atoms. The van der Waals surface area contributed by atoms with Gasteiger partial charge in [-0.3, -0.25) is 4.79 Å². The third kappa shape index (κ3) is 3.10. The first-order valence-electron chi connectivity index (χ1n) is 7.53. The van der Waals surface area contributed by atoms with E-state index in [-0.39, 0.29) is 6.03 Å². The highest BCUT2D eigenvalue weighted by Crippen LogP contribution is 2.12. The van der Waals surface area contributed by atoms with Crippen molar-refractivity contribution in [1.29, 1.82) is 0 Å². The molecule has 0 radical (unpaired) electrons. The summed E-state index contributed by atoms with van der Waals surface area (Å²) >= 11 is 0. The standard InChI is InChI=1S/C14H20N6O2/c21-12-17-4-6-19(7-5-17)14(22)20-10-8-18(9-11-20)13-15-2-1-3-16-13/h1-3,12H,4-11H2. The zero-order valence-electron chi connectivity index (χ0n) is 12.5. The molecule has 2 aliphatic rings. The minimum absolute atomic E-state index is 0.0687. The fourth-order valence-corrected chi connectivity index (χ4v) is 2.77. The highest BCUT2D eigenvalue weighted by molar-refractivity contribution is 5.75. The minimum Gasteiger partial charge on any atom is -0.342 e. The number of carbonyl (C=O) groups excluding carboxylic acids is 2. The molecule has 1 aromatic rings. The van der Waals surface area contributed by atoms with Crippen LogP contribution in [0.15, 0.2) is 18.5 Å². The van der Waals surface area contributed by atoms with Crippen LogP contribution in [0.5, 0.6) is 0 Å². The van der Waals surface area contributed by atoms with Crippen molar-refractivity contribution < 1.29 is 9.59 Å². The van der Waals surface area contributed by atoms with Crippen LogP contribution in [0.3, 0.4) is 0 Å². The molecule has 1 aromatic heterocycles. The highest BCUT2D eigenvalue weighted by atomic mass is 16.2. The van der Waals surface area contributed by atoms with E-state index in [4.69, 9.17) is 0 Å². The number of anilines is 1. The average Bonchev–Trinajstić information content (AvgIpc) is 2.62. The fourth-order valence-electron chi connectivity index (χ4n) is 2.77. The smallest absolute Gasteiger partial charge is 0.320 e. The van der Waals surface area contributed by atoms with E-state index < -0.39 is 0 Å². The third-order valence-electron chi connectivity index (χ3n) is 4.12. The van der Waals surface area contributed by atoms with E-state index in [9.17, 15) is 9.59 Å². The van der Waals surface area contributed by atoms with Gasteiger partial charge in [0.1, 0.15) is 0 Å². The maximum absolute atomic E-state index is 12.5. The Morgan fingerprint density at radius 1 is 0.909 bits per heavy atom. The van der Waals surface area contributed by atoms with Crippen LogP contribution in [-0.4, -0.2) is 89.5 Å². The van der Waals surface area contributed by atoms with Gasteiger partial charge in [0.2, 0.25) is 12.4 Å². The lowest BCUT2D eigenvalue weighted by atomic mass is 10.3. The summed E-state index contributed by atoms with van der Waals surface area (Å²) in [5.74, 6) is 0.717. The first-order chi connectivity index (χ1) is 10.8. The number of carbonyl (C=O) groups is 2. The Labute approximate surface area is 129 Å². The van der Waals surface area contributed by atoms with Gasteiger partial charge in [0.25, 0.3) is 0 Å². The van der Waals surface area contributed by atoms with Crippen LogP contribution in [0, 0.1) is 0 Å². The second-order valence-corrected chi connectivity index (χ2v) is 5.43. The Morgan fingerprint density at radius 2 is 1.45 bits per heavy atom. The molecule has 0 N–H and O–H groups in total. The van der Waals surface area contributed by atoms with Crippen molar-refractivity contribution in [3.8, 4) is 0 Å². The van der Waals surface area contributed by atoms with Gasteiger partial charge in [-0.15, -0.1) is 0 Å². The number of nitrogens with zero attached hydrogens (tertiary/aromatic N) is 6. The van der Waals surface area contributed by atoms with Gasteiger partial charge in [-0.1, -0.05) is 0 Å². The molecule has 2 fully saturated rings. The zero-order valence-corrected chi connectivity index (χ0v) is 12.5. The Bertz CT molecular complexity index is 509. The molecule has 3 rings (SSSR count). The van der Waals surface area contributed by atoms with E-state index in [1.165, 1.54) is 0 Å². The van der Waals surface area contributed by atoms with E-state index in [1.54, 1.807) is 23.4 Å². The van der Waals surface area contributed by atoms with Gasteiger partial charge >= 0.3 is 6.03 Å². The molecule has 0 bridgehead atoms. The molecule has 0 aromatic carbocycles. The first kappa shape index (κ1) is 14.6. The average molecular weight is 304 g/mol. The largest absolute Gasteiger partial charge is 0.342 e. The quantitative estimate of drug-likeness (QED) is 0.688. The van der Waals surface area contributed by atoms with Crippen molar-refractivity contribution in [2.75, 3.05) is 57.3 Å². The SMILES string of the molecule is O=CN1CCN(C(=O)N2CCN(c3ncccn3)CC2)CC1. The molecule has 0 saturated carbocycles. The van der Waals surface area contributed by atoms with Gasteiger partial charge in [0.05, 0.1) is 0 Å². The first-order valence-corrected chi connectivity index (χ1v) is 7.53. The van der Waals surface area contributed by atoms with Gasteiger partial charge in [-0.05, 0) is 6.07 Å². The third-order valence-corrected chi connectivity index (χ3v) is 4.12. The molecule has 0 unspecified atom stereocenters. The number of hydrogen-bond acceptors (Lipinski definition) is 5. The van der Waals surface area contributed by atoms with Gasteiger partial charge in [0, 0.05) is 64.8 Å². The number of amides is 3. The van der Waals surface area contributed by atoms with Crippen LogP contribution >= 0.6 is 0 Å². The van der Waals surface area contributed by atoms with E-state index in [1.807, 2.05) is 9.80 Å². The molecule has 3 heterocycles. The lowest BCUT2D eigenvalue weighted by molar-refractivity contribution is -0.119. The van der Waals surface area contributed by atoms with E-state index in [0.29, 0.717) is 45.2 Å². The Balaban J connectivity index is 1.51. The number of piperazine rings is 2. The van der Waals surface area contributed by atoms with Crippen LogP contribution in [0.2, 0.25) is 0 Å². The fraction of sp³-hybridized carbons (Fsp3) is 0.571. The van der Waals surface area contributed by atoms with Gasteiger partial charge in [0.15, 0.2) is 0 Å². The molecule has 8 nitrogen and oxygen atoms in total. The predicted octanol–water partition coefficient (Wildman–Crippen LogP) is -0.507. The monoisotopic (exact) mass is 304 g/mol. The topological polar surface area (TPSA) is 72.9 Å². The summed E-state index contributed by atoms with van der Waals surface area (Å²) < 4.78 is 0. The Morgan fingerprint density at radius 3 is 2.00 bits per heavy atom. The maximum atomic E-state index is 12.5. The van der Waals surface area contributed by atoms with Gasteiger partial charge in [-0.2, -0.15) is 0 Å². The second-order valence-electron chi connectivity index (χ2n) is 5.43. The molecule has 8 heteroatoms. The Hall–Kier alpha value is -2.38. The van der Waals surface area contributed by atoms with Crippen LogP contribution < -0.4 is 4.90 Å². The van der Waals surface area contributed by atoms with Crippen molar-refractivity contribution in [3.05, 3.63) is 18.5 Å². The number of aromatic nitrogens is 2. The lowest BCUT2D eigenvalue weighted by Gasteiger charge is -2.39. The summed E-state index contributed by atoms with van der Waals surface area (Å²) in [5.41, 5.74) is 0. The zero-order chi connectivity index (χ0) is 15.4. The molecule has 2 saturated heterocycles. The molecular weight excluding hydrogens is 284 g/mol. The summed E-state index contributed by atoms with van der Waals surface area (Å²) in [6.45, 7) is 5.28. The maximum Gasteiger partial charge on any atom is 0.320 e. The van der Waals surface area contributed by atoms with Crippen LogP contribution in [0.1, 0.15) is 0 Å². The summed E-state index contributed by atoms with van der Waals surface area (Å²) in [5, 5.41) is 0. The van der Waals surface area contributed by atoms with Crippen molar-refractivity contribution in [1.82, 2.24) is 24.7 Å². The van der Waals surface area contributed by atoms with Crippen molar-refractivity contribution in [2.45, 2.75) is 0 Å². The van der Waals surface area contributed by atoms with Crippen molar-refractivity contribution in [2.24, 2.45) is 0 Å². The molecule has 0 atom stereocenters. The van der Waals surface area contributed by atoms with Crippen LogP contribution in [-0.2, 0) is 4.79 Å². The summed E-state index contributed by atoms with van der Waals surface area (Å²) in [6.07, 6.45) is 4.30. The summed E-state index contributed by atoms with van der Waals surface area (Å²) in [6, 6.07) is 1.86. The Kier molecular flexibility index (Phi) is 4.36. The van der Waals surface area contributed by atoms with Gasteiger partial charge in [-0.25, -0.2) is 14.8 Å². The number of urea groups is 1. The van der Waals surface area contributed by atoms with Crippen molar-refractivity contribution in [3.63, 3.8) is 0 Å². The van der Waals surface area contributed by atoms with Crippen LogP contribution in [0.25, 0.3) is 0 Å². The van der Waals surface area contributed by atoms with Crippen LogP contribution in [0.4, 0.5) is 10.7 Å². The van der Waals surface area contributed by atoms with Crippen molar-refractivity contribution >= 4 is 18.4 Å². The summed E-state index contributed by atoms with van der Waals surface area (Å²) in [7, 11) is 0. The van der Waals surface area contributed by atoms with E-state index in [0.717, 1.165) is 19.5 Å². The number of rotatable bonds is 2. The molecular formula is C14H20N6O2. The molecule has 3 amide bonds. The number of hydrogen-bond donors (Lipinski definition) is 0. The highest BCUT2D eigenvalue weighted by Gasteiger charge is 2.28. The van der Waals surface area contributed by atoms with E-state index in [2.05, 4.69) is 14.9 Å². The summed E-state index contributed by atoms with van der Waals surface area (Å²) in [4.78, 5) is 39.2. The predicted molar refractivity (Wildman–Crippen MR) is 80.4 cm³/mol. The molecule has 118 valence electrons. The molecule has 22 heavy (non-hydrogen) atoms. The van der Waals surface area contributed by atoms with E-state index >= 15 is 0 Å². The molecule has 2 aliphatic heterocycles. The minimum atomic E-state index is 0.0687. The van der Waals surface area contributed by atoms with Gasteiger partial charge < -0.3 is 19.6 Å². The normalized spacial score (nSPS) is 19.3. The lowest BCUT2D eigenvalue weighted by Crippen LogP contribution is -2.56. The second kappa shape index (κ2) is 6.59.